The molecule has 4 rings (SSSR count). The average molecular weight is 346 g/mol. The highest BCUT2D eigenvalue weighted by atomic mass is 32.2. The van der Waals surface area contributed by atoms with Gasteiger partial charge in [-0.2, -0.15) is 5.10 Å². The highest BCUT2D eigenvalue weighted by Crippen LogP contribution is 2.53. The van der Waals surface area contributed by atoms with Gasteiger partial charge in [0.15, 0.2) is 0 Å². The normalized spacial score (nSPS) is 22.3. The van der Waals surface area contributed by atoms with Crippen LogP contribution in [0.4, 0.5) is 8.78 Å². The number of hydrogen-bond acceptors (Lipinski definition) is 4. The number of nitrogens with zero attached hydrogens (tertiary/aromatic N) is 2. The van der Waals surface area contributed by atoms with Crippen LogP contribution in [-0.2, 0) is 4.87 Å². The van der Waals surface area contributed by atoms with Crippen LogP contribution in [0.1, 0.15) is 23.1 Å². The molecule has 2 aromatic rings. The van der Waals surface area contributed by atoms with Crippen LogP contribution in [0.15, 0.2) is 41.5 Å². The first-order valence-electron chi connectivity index (χ1n) is 7.70. The lowest BCUT2D eigenvalue weighted by atomic mass is 9.99. The minimum absolute atomic E-state index is 0.293. The zero-order valence-electron chi connectivity index (χ0n) is 13.3. The van der Waals surface area contributed by atoms with Crippen molar-refractivity contribution < 1.29 is 13.5 Å². The second-order valence-electron chi connectivity index (χ2n) is 6.04. The van der Waals surface area contributed by atoms with E-state index in [1.54, 1.807) is 17.1 Å². The lowest BCUT2D eigenvalue weighted by Crippen LogP contribution is -2.39. The maximum absolute atomic E-state index is 14.3. The lowest BCUT2D eigenvalue weighted by Gasteiger charge is -2.39. The molecule has 0 fully saturated rings. The third kappa shape index (κ3) is 2.28. The van der Waals surface area contributed by atoms with E-state index in [1.165, 1.54) is 30.0 Å². The first-order valence-corrected chi connectivity index (χ1v) is 8.52. The van der Waals surface area contributed by atoms with Gasteiger partial charge in [0.05, 0.1) is 6.61 Å². The van der Waals surface area contributed by atoms with Crippen LogP contribution < -0.4 is 4.74 Å². The van der Waals surface area contributed by atoms with Crippen molar-refractivity contribution in [2.24, 2.45) is 5.10 Å². The minimum Gasteiger partial charge on any atom is -0.493 e. The molecule has 2 heterocycles. The fourth-order valence-electron chi connectivity index (χ4n) is 3.18. The van der Waals surface area contributed by atoms with Crippen LogP contribution in [0.2, 0.25) is 0 Å². The highest BCUT2D eigenvalue weighted by molar-refractivity contribution is 8.15. The molecule has 0 aromatic heterocycles. The Kier molecular flexibility index (Phi) is 3.53. The van der Waals surface area contributed by atoms with Crippen LogP contribution in [0.25, 0.3) is 0 Å². The summed E-state index contributed by atoms with van der Waals surface area (Å²) >= 11 is 1.46. The van der Waals surface area contributed by atoms with Gasteiger partial charge in [-0.15, -0.1) is 0 Å². The minimum atomic E-state index is -0.567. The zero-order valence-corrected chi connectivity index (χ0v) is 14.2. The summed E-state index contributed by atoms with van der Waals surface area (Å²) in [7, 11) is 1.84. The lowest BCUT2D eigenvalue weighted by molar-refractivity contribution is 0.149. The van der Waals surface area contributed by atoms with Crippen LogP contribution in [0.5, 0.6) is 5.75 Å². The summed E-state index contributed by atoms with van der Waals surface area (Å²) in [6, 6.07) is 9.63. The van der Waals surface area contributed by atoms with Crippen molar-refractivity contribution in [2.75, 3.05) is 13.7 Å². The molecular weight excluding hydrogens is 330 g/mol. The van der Waals surface area contributed by atoms with E-state index in [9.17, 15) is 8.78 Å². The molecule has 0 aliphatic carbocycles. The van der Waals surface area contributed by atoms with E-state index < -0.39 is 4.87 Å². The number of benzene rings is 2. The van der Waals surface area contributed by atoms with Crippen LogP contribution in [0.3, 0.4) is 0 Å². The second kappa shape index (κ2) is 5.48. The number of rotatable bonds is 1. The summed E-state index contributed by atoms with van der Waals surface area (Å²) in [5.41, 5.74) is 2.08. The fraction of sp³-hybridized carbons (Fsp3) is 0.278. The molecule has 0 radical (unpaired) electrons. The van der Waals surface area contributed by atoms with E-state index in [2.05, 4.69) is 5.10 Å². The molecule has 1 unspecified atom stereocenters. The quantitative estimate of drug-likeness (QED) is 0.772. The summed E-state index contributed by atoms with van der Waals surface area (Å²) in [5, 5.41) is 6.95. The standard InChI is InChI=1S/C18H16F2N2OS/c1-11-3-5-13(15(20)9-11)17-21-22(2)18(24-17)7-8-23-16-6-4-12(19)10-14(16)18/h3-6,9-10H,7-8H2,1-2H3. The van der Waals surface area contributed by atoms with Gasteiger partial charge in [-0.3, -0.25) is 5.01 Å². The van der Waals surface area contributed by atoms with Gasteiger partial charge in [-0.1, -0.05) is 17.8 Å². The number of thioether (sulfide) groups is 1. The van der Waals surface area contributed by atoms with Gasteiger partial charge in [0, 0.05) is 24.6 Å². The predicted octanol–water partition coefficient (Wildman–Crippen LogP) is 4.25. The van der Waals surface area contributed by atoms with Crippen molar-refractivity contribution >= 4 is 16.8 Å². The van der Waals surface area contributed by atoms with E-state index in [0.29, 0.717) is 29.4 Å². The van der Waals surface area contributed by atoms with Gasteiger partial charge in [0.2, 0.25) is 0 Å². The predicted molar refractivity (Wildman–Crippen MR) is 91.2 cm³/mol. The van der Waals surface area contributed by atoms with Gasteiger partial charge in [-0.05, 0) is 42.8 Å². The molecule has 2 aromatic carbocycles. The molecule has 3 nitrogen and oxygen atoms in total. The molecular formula is C18H16F2N2OS. The Labute approximate surface area is 143 Å². The molecule has 24 heavy (non-hydrogen) atoms. The number of fused-ring (bicyclic) bond motifs is 2. The Balaban J connectivity index is 1.77. The molecule has 1 atom stereocenters. The monoisotopic (exact) mass is 346 g/mol. The zero-order chi connectivity index (χ0) is 16.9. The molecule has 0 N–H and O–H groups in total. The van der Waals surface area contributed by atoms with Crippen LogP contribution >= 0.6 is 11.8 Å². The summed E-state index contributed by atoms with van der Waals surface area (Å²) in [5.74, 6) is 0.0450. The smallest absolute Gasteiger partial charge is 0.140 e. The third-order valence-electron chi connectivity index (χ3n) is 4.45. The summed E-state index contributed by atoms with van der Waals surface area (Å²) in [6.45, 7) is 2.36. The average Bonchev–Trinajstić information content (AvgIpc) is 2.85. The van der Waals surface area contributed by atoms with E-state index in [-0.39, 0.29) is 11.6 Å². The van der Waals surface area contributed by atoms with E-state index in [0.717, 1.165) is 11.1 Å². The molecule has 0 bridgehead atoms. The van der Waals surface area contributed by atoms with E-state index >= 15 is 0 Å². The van der Waals surface area contributed by atoms with Gasteiger partial charge < -0.3 is 4.74 Å². The Morgan fingerprint density at radius 1 is 1.21 bits per heavy atom. The van der Waals surface area contributed by atoms with E-state index in [1.807, 2.05) is 20.0 Å². The number of hydrogen-bond donors (Lipinski definition) is 0. The topological polar surface area (TPSA) is 24.8 Å². The maximum Gasteiger partial charge on any atom is 0.140 e. The van der Waals surface area contributed by atoms with Crippen molar-refractivity contribution in [3.63, 3.8) is 0 Å². The second-order valence-corrected chi connectivity index (χ2v) is 7.30. The van der Waals surface area contributed by atoms with Crippen molar-refractivity contribution in [3.8, 4) is 5.75 Å². The van der Waals surface area contributed by atoms with Crippen molar-refractivity contribution in [3.05, 3.63) is 64.7 Å². The molecule has 0 saturated heterocycles. The van der Waals surface area contributed by atoms with E-state index in [4.69, 9.17) is 4.74 Å². The first kappa shape index (κ1) is 15.4. The van der Waals surface area contributed by atoms with Crippen LogP contribution in [-0.4, -0.2) is 23.7 Å². The van der Waals surface area contributed by atoms with Crippen molar-refractivity contribution in [2.45, 2.75) is 18.2 Å². The molecule has 2 aliphatic rings. The van der Waals surface area contributed by atoms with Crippen molar-refractivity contribution in [1.82, 2.24) is 5.01 Å². The molecule has 0 amide bonds. The Morgan fingerprint density at radius 2 is 2.04 bits per heavy atom. The molecule has 0 saturated carbocycles. The Hall–Kier alpha value is -2.08. The number of hydrazone groups is 1. The number of aryl methyl sites for hydroxylation is 1. The Bertz CT molecular complexity index is 855. The summed E-state index contributed by atoms with van der Waals surface area (Å²) in [6.07, 6.45) is 0.644. The highest BCUT2D eigenvalue weighted by Gasteiger charge is 2.48. The van der Waals surface area contributed by atoms with Gasteiger partial charge in [0.25, 0.3) is 0 Å². The van der Waals surface area contributed by atoms with Crippen molar-refractivity contribution in [1.29, 1.82) is 0 Å². The fourth-order valence-corrected chi connectivity index (χ4v) is 4.56. The SMILES string of the molecule is Cc1ccc(C2=NN(C)C3(CCOc4ccc(F)cc43)S2)c(F)c1. The first-order chi connectivity index (χ1) is 11.5. The van der Waals surface area contributed by atoms with Gasteiger partial charge in [-0.25, -0.2) is 8.78 Å². The molecule has 1 spiro atoms. The number of halogens is 2. The van der Waals surface area contributed by atoms with Gasteiger partial charge >= 0.3 is 0 Å². The molecule has 2 aliphatic heterocycles. The Morgan fingerprint density at radius 3 is 2.83 bits per heavy atom. The summed E-state index contributed by atoms with van der Waals surface area (Å²) in [4.78, 5) is -0.567. The van der Waals surface area contributed by atoms with Crippen LogP contribution in [0, 0.1) is 18.6 Å². The molecule has 6 heteroatoms. The van der Waals surface area contributed by atoms with Gasteiger partial charge in [0.1, 0.15) is 27.3 Å². The largest absolute Gasteiger partial charge is 0.493 e. The molecule has 124 valence electrons. The maximum atomic E-state index is 14.3. The number of ether oxygens (including phenoxy) is 1. The third-order valence-corrected chi connectivity index (χ3v) is 5.97. The summed E-state index contributed by atoms with van der Waals surface area (Å²) < 4.78 is 33.8.